The van der Waals surface area contributed by atoms with Crippen molar-refractivity contribution in [3.63, 3.8) is 0 Å². The van der Waals surface area contributed by atoms with Gasteiger partial charge in [-0.05, 0) is 31.9 Å². The molecule has 0 bridgehead atoms. The molecule has 1 atom stereocenters. The van der Waals surface area contributed by atoms with Crippen LogP contribution < -0.4 is 4.74 Å². The van der Waals surface area contributed by atoms with Gasteiger partial charge in [-0.25, -0.2) is 0 Å². The van der Waals surface area contributed by atoms with E-state index in [4.69, 9.17) is 4.74 Å². The third kappa shape index (κ3) is 2.23. The van der Waals surface area contributed by atoms with Crippen molar-refractivity contribution >= 4 is 5.97 Å². The molecule has 2 heteroatoms. The topological polar surface area (TPSA) is 26.3 Å². The average Bonchev–Trinajstić information content (AvgIpc) is 2.77. The van der Waals surface area contributed by atoms with E-state index in [9.17, 15) is 4.79 Å². The van der Waals surface area contributed by atoms with E-state index in [1.807, 2.05) is 24.3 Å². The average molecular weight is 294 g/mol. The predicted molar refractivity (Wildman–Crippen MR) is 88.3 cm³/mol. The van der Waals surface area contributed by atoms with Crippen molar-refractivity contribution in [2.24, 2.45) is 0 Å². The highest BCUT2D eigenvalue weighted by Crippen LogP contribution is 2.47. The van der Waals surface area contributed by atoms with Gasteiger partial charge in [-0.1, -0.05) is 67.3 Å². The normalized spacial score (nSPS) is 19.9. The van der Waals surface area contributed by atoms with E-state index < -0.39 is 5.41 Å². The molecule has 0 radical (unpaired) electrons. The van der Waals surface area contributed by atoms with E-state index in [0.29, 0.717) is 5.75 Å². The molecule has 0 spiro atoms. The Bertz CT molecular complexity index is 697. The van der Waals surface area contributed by atoms with Crippen molar-refractivity contribution < 1.29 is 9.53 Å². The minimum Gasteiger partial charge on any atom is -0.425 e. The van der Waals surface area contributed by atoms with Crippen LogP contribution >= 0.6 is 0 Å². The van der Waals surface area contributed by atoms with Gasteiger partial charge in [-0.15, -0.1) is 0 Å². The maximum absolute atomic E-state index is 12.9. The molecule has 0 saturated heterocycles. The Morgan fingerprint density at radius 1 is 1.05 bits per heavy atom. The van der Waals surface area contributed by atoms with E-state index in [2.05, 4.69) is 39.0 Å². The smallest absolute Gasteiger partial charge is 0.326 e. The van der Waals surface area contributed by atoms with Crippen molar-refractivity contribution in [2.75, 3.05) is 0 Å². The summed E-state index contributed by atoms with van der Waals surface area (Å²) >= 11 is 0. The lowest BCUT2D eigenvalue weighted by Gasteiger charge is -2.27. The molecule has 0 N–H and O–H groups in total. The van der Waals surface area contributed by atoms with E-state index in [1.54, 1.807) is 0 Å². The number of benzene rings is 2. The molecule has 1 aliphatic rings. The van der Waals surface area contributed by atoms with Gasteiger partial charge < -0.3 is 4.74 Å². The van der Waals surface area contributed by atoms with Crippen LogP contribution in [0.5, 0.6) is 5.75 Å². The number of ether oxygens (including phenoxy) is 1. The number of unbranched alkanes of at least 4 members (excludes halogenated alkanes) is 1. The van der Waals surface area contributed by atoms with Crippen LogP contribution in [0.4, 0.5) is 0 Å². The summed E-state index contributed by atoms with van der Waals surface area (Å²) in [6.45, 7) is 6.31. The van der Waals surface area contributed by atoms with E-state index in [0.717, 1.165) is 30.4 Å². The SMILES string of the molecule is CCCCC1(c2cc(C)cc(C)c2)C(=O)Oc2ccccc21. The molecule has 22 heavy (non-hydrogen) atoms. The van der Waals surface area contributed by atoms with Crippen molar-refractivity contribution in [1.82, 2.24) is 0 Å². The summed E-state index contributed by atoms with van der Waals surface area (Å²) in [5, 5.41) is 0. The fraction of sp³-hybridized carbons (Fsp3) is 0.350. The van der Waals surface area contributed by atoms with Crippen molar-refractivity contribution in [2.45, 2.75) is 45.4 Å². The van der Waals surface area contributed by atoms with Gasteiger partial charge in [0.25, 0.3) is 0 Å². The second-order valence-electron chi connectivity index (χ2n) is 6.27. The van der Waals surface area contributed by atoms with E-state index in [1.165, 1.54) is 11.1 Å². The highest BCUT2D eigenvalue weighted by Gasteiger charge is 2.49. The van der Waals surface area contributed by atoms with Gasteiger partial charge in [0.1, 0.15) is 11.2 Å². The zero-order chi connectivity index (χ0) is 15.7. The zero-order valence-electron chi connectivity index (χ0n) is 13.5. The number of esters is 1. The Kier molecular flexibility index (Phi) is 3.78. The predicted octanol–water partition coefficient (Wildman–Crippen LogP) is 4.70. The molecular formula is C20H22O2. The van der Waals surface area contributed by atoms with Gasteiger partial charge in [-0.3, -0.25) is 4.79 Å². The van der Waals surface area contributed by atoms with Crippen molar-refractivity contribution in [3.05, 3.63) is 64.7 Å². The quantitative estimate of drug-likeness (QED) is 0.603. The van der Waals surface area contributed by atoms with Crippen LogP contribution in [0.2, 0.25) is 0 Å². The molecule has 2 nitrogen and oxygen atoms in total. The molecule has 0 saturated carbocycles. The summed E-state index contributed by atoms with van der Waals surface area (Å²) in [4.78, 5) is 12.9. The van der Waals surface area contributed by atoms with Crippen molar-refractivity contribution in [3.8, 4) is 5.75 Å². The monoisotopic (exact) mass is 294 g/mol. The zero-order valence-corrected chi connectivity index (χ0v) is 13.5. The van der Waals surface area contributed by atoms with Gasteiger partial charge in [0, 0.05) is 5.56 Å². The van der Waals surface area contributed by atoms with Crippen LogP contribution in [0.25, 0.3) is 0 Å². The standard InChI is InChI=1S/C20H22O2/c1-4-5-10-20(16-12-14(2)11-15(3)13-16)17-8-6-7-9-18(17)22-19(20)21/h6-9,11-13H,4-5,10H2,1-3H3. The number of para-hydroxylation sites is 1. The van der Waals surface area contributed by atoms with Crippen LogP contribution in [0, 0.1) is 13.8 Å². The molecule has 0 aromatic heterocycles. The largest absolute Gasteiger partial charge is 0.425 e. The molecule has 0 fully saturated rings. The lowest BCUT2D eigenvalue weighted by atomic mass is 9.71. The fourth-order valence-electron chi connectivity index (χ4n) is 3.52. The molecule has 1 unspecified atom stereocenters. The van der Waals surface area contributed by atoms with Crippen LogP contribution in [-0.2, 0) is 10.2 Å². The van der Waals surface area contributed by atoms with Gasteiger partial charge in [0.2, 0.25) is 0 Å². The highest BCUT2D eigenvalue weighted by atomic mass is 16.5. The summed E-state index contributed by atoms with van der Waals surface area (Å²) in [6, 6.07) is 14.2. The molecule has 3 rings (SSSR count). The first-order chi connectivity index (χ1) is 10.6. The second-order valence-corrected chi connectivity index (χ2v) is 6.27. The van der Waals surface area contributed by atoms with Gasteiger partial charge in [0.15, 0.2) is 0 Å². The van der Waals surface area contributed by atoms with Crippen LogP contribution in [0.3, 0.4) is 0 Å². The molecule has 114 valence electrons. The second kappa shape index (κ2) is 5.60. The highest BCUT2D eigenvalue weighted by molar-refractivity contribution is 5.94. The van der Waals surface area contributed by atoms with Crippen LogP contribution in [-0.4, -0.2) is 5.97 Å². The number of carbonyl (C=O) groups is 1. The maximum atomic E-state index is 12.9. The summed E-state index contributed by atoms with van der Waals surface area (Å²) in [5.74, 6) is 0.579. The minimum atomic E-state index is -0.649. The number of rotatable bonds is 4. The van der Waals surface area contributed by atoms with E-state index in [-0.39, 0.29) is 5.97 Å². The Hall–Kier alpha value is -2.09. The Labute approximate surface area is 132 Å². The first-order valence-electron chi connectivity index (χ1n) is 7.98. The summed E-state index contributed by atoms with van der Waals surface area (Å²) in [5.41, 5.74) is 3.79. The lowest BCUT2D eigenvalue weighted by molar-refractivity contribution is -0.137. The molecule has 2 aromatic carbocycles. The molecule has 2 aromatic rings. The fourth-order valence-corrected chi connectivity index (χ4v) is 3.52. The molecule has 1 aliphatic heterocycles. The molecule has 0 aliphatic carbocycles. The third-order valence-electron chi connectivity index (χ3n) is 4.52. The van der Waals surface area contributed by atoms with Gasteiger partial charge in [0.05, 0.1) is 0 Å². The number of fused-ring (bicyclic) bond motifs is 1. The van der Waals surface area contributed by atoms with Crippen molar-refractivity contribution in [1.29, 1.82) is 0 Å². The number of aryl methyl sites for hydroxylation is 2. The molecule has 0 amide bonds. The number of hydrogen-bond acceptors (Lipinski definition) is 2. The van der Waals surface area contributed by atoms with Crippen LogP contribution in [0.1, 0.15) is 48.4 Å². The number of hydrogen-bond donors (Lipinski definition) is 0. The number of carbonyl (C=O) groups excluding carboxylic acids is 1. The Morgan fingerprint density at radius 2 is 1.73 bits per heavy atom. The van der Waals surface area contributed by atoms with Crippen LogP contribution in [0.15, 0.2) is 42.5 Å². The van der Waals surface area contributed by atoms with Gasteiger partial charge in [-0.2, -0.15) is 0 Å². The summed E-state index contributed by atoms with van der Waals surface area (Å²) < 4.78 is 5.62. The first-order valence-corrected chi connectivity index (χ1v) is 7.98. The third-order valence-corrected chi connectivity index (χ3v) is 4.52. The maximum Gasteiger partial charge on any atom is 0.326 e. The lowest BCUT2D eigenvalue weighted by Crippen LogP contribution is -2.35. The Morgan fingerprint density at radius 3 is 2.41 bits per heavy atom. The molecule has 1 heterocycles. The van der Waals surface area contributed by atoms with Gasteiger partial charge >= 0.3 is 5.97 Å². The molecular weight excluding hydrogens is 272 g/mol. The summed E-state index contributed by atoms with van der Waals surface area (Å²) in [6.07, 6.45) is 2.85. The van der Waals surface area contributed by atoms with E-state index >= 15 is 0 Å². The first kappa shape index (κ1) is 14.8. The minimum absolute atomic E-state index is 0.132. The summed E-state index contributed by atoms with van der Waals surface area (Å²) in [7, 11) is 0. The Balaban J connectivity index is 2.23.